The summed E-state index contributed by atoms with van der Waals surface area (Å²) in [4.78, 5) is 29.9. The molecule has 2 aromatic rings. The van der Waals surface area contributed by atoms with Crippen molar-refractivity contribution in [3.8, 4) is 0 Å². The Kier molecular flexibility index (Phi) is 6.94. The fourth-order valence-electron chi connectivity index (χ4n) is 4.26. The highest BCUT2D eigenvalue weighted by molar-refractivity contribution is 6.46. The second-order valence-electron chi connectivity index (χ2n) is 8.22. The van der Waals surface area contributed by atoms with Gasteiger partial charge in [-0.25, -0.2) is 0 Å². The standard InChI is InChI=1S/C25H27ClN2O4/c1-17-3-5-19(6-4-17)23(29)21-22(18-7-9-20(26)10-8-18)28(25(31)24(21)30)12-2-11-27-13-15-32-16-14-27/h3-10,22,29H,2,11-16H2,1H3/t22-/m1/s1. The summed E-state index contributed by atoms with van der Waals surface area (Å²) in [7, 11) is 0. The molecular weight excluding hydrogens is 428 g/mol. The number of Topliss-reactive ketones (excluding diaryl/α,β-unsaturated/α-hetero) is 1. The number of amides is 1. The first-order chi connectivity index (χ1) is 15.5. The van der Waals surface area contributed by atoms with E-state index in [-0.39, 0.29) is 11.3 Å². The Morgan fingerprint density at radius 2 is 1.69 bits per heavy atom. The molecular formula is C25H27ClN2O4. The van der Waals surface area contributed by atoms with Gasteiger partial charge in [0, 0.05) is 36.8 Å². The van der Waals surface area contributed by atoms with E-state index in [9.17, 15) is 14.7 Å². The first-order valence-corrected chi connectivity index (χ1v) is 11.2. The maximum absolute atomic E-state index is 13.1. The molecule has 1 amide bonds. The van der Waals surface area contributed by atoms with Gasteiger partial charge in [-0.2, -0.15) is 0 Å². The number of likely N-dealkylation sites (tertiary alicyclic amines) is 1. The lowest BCUT2D eigenvalue weighted by atomic mass is 9.95. The van der Waals surface area contributed by atoms with Crippen LogP contribution in [-0.4, -0.2) is 66.0 Å². The van der Waals surface area contributed by atoms with Crippen molar-refractivity contribution in [3.05, 3.63) is 75.8 Å². The summed E-state index contributed by atoms with van der Waals surface area (Å²) in [6, 6.07) is 13.7. The molecule has 0 aromatic heterocycles. The number of ether oxygens (including phenoxy) is 1. The number of hydrogen-bond acceptors (Lipinski definition) is 5. The average Bonchev–Trinajstić information content (AvgIpc) is 3.05. The Labute approximate surface area is 193 Å². The molecule has 0 unspecified atom stereocenters. The van der Waals surface area contributed by atoms with Crippen LogP contribution in [0.25, 0.3) is 5.76 Å². The molecule has 4 rings (SSSR count). The van der Waals surface area contributed by atoms with Gasteiger partial charge in [0.15, 0.2) is 0 Å². The molecule has 168 valence electrons. The molecule has 2 saturated heterocycles. The van der Waals surface area contributed by atoms with Gasteiger partial charge in [0.05, 0.1) is 24.8 Å². The zero-order valence-corrected chi connectivity index (χ0v) is 18.8. The highest BCUT2D eigenvalue weighted by Gasteiger charge is 2.45. The number of aliphatic hydroxyl groups is 1. The molecule has 1 atom stereocenters. The lowest BCUT2D eigenvalue weighted by molar-refractivity contribution is -0.140. The second kappa shape index (κ2) is 9.86. The van der Waals surface area contributed by atoms with Crippen LogP contribution < -0.4 is 0 Å². The van der Waals surface area contributed by atoms with E-state index >= 15 is 0 Å². The van der Waals surface area contributed by atoms with Crippen molar-refractivity contribution in [2.45, 2.75) is 19.4 Å². The first-order valence-electron chi connectivity index (χ1n) is 10.9. The van der Waals surface area contributed by atoms with Crippen molar-refractivity contribution in [2.75, 3.05) is 39.4 Å². The van der Waals surface area contributed by atoms with Gasteiger partial charge < -0.3 is 14.7 Å². The molecule has 2 aliphatic heterocycles. The van der Waals surface area contributed by atoms with E-state index in [0.717, 1.165) is 37.2 Å². The third-order valence-corrected chi connectivity index (χ3v) is 6.28. The van der Waals surface area contributed by atoms with Gasteiger partial charge in [-0.15, -0.1) is 0 Å². The minimum Gasteiger partial charge on any atom is -0.507 e. The Morgan fingerprint density at radius 3 is 2.34 bits per heavy atom. The molecule has 2 aliphatic rings. The molecule has 0 aliphatic carbocycles. The SMILES string of the molecule is Cc1ccc(C(O)=C2C(=O)C(=O)N(CCCN3CCOCC3)[C@@H]2c2ccc(Cl)cc2)cc1. The second-order valence-corrected chi connectivity index (χ2v) is 8.65. The molecule has 32 heavy (non-hydrogen) atoms. The van der Waals surface area contributed by atoms with Crippen LogP contribution in [0.15, 0.2) is 54.1 Å². The highest BCUT2D eigenvalue weighted by atomic mass is 35.5. The van der Waals surface area contributed by atoms with Crippen LogP contribution >= 0.6 is 11.6 Å². The maximum atomic E-state index is 13.1. The first kappa shape index (κ1) is 22.5. The van der Waals surface area contributed by atoms with Gasteiger partial charge in [-0.1, -0.05) is 53.6 Å². The molecule has 6 nitrogen and oxygen atoms in total. The molecule has 7 heteroatoms. The molecule has 2 heterocycles. The Balaban J connectivity index is 1.66. The van der Waals surface area contributed by atoms with Crippen molar-refractivity contribution in [1.29, 1.82) is 0 Å². The van der Waals surface area contributed by atoms with Crippen molar-refractivity contribution in [2.24, 2.45) is 0 Å². The van der Waals surface area contributed by atoms with Crippen LogP contribution in [-0.2, 0) is 14.3 Å². The number of ketones is 1. The van der Waals surface area contributed by atoms with Gasteiger partial charge in [-0.05, 0) is 31.0 Å². The van der Waals surface area contributed by atoms with Crippen LogP contribution in [0.5, 0.6) is 0 Å². The van der Waals surface area contributed by atoms with Gasteiger partial charge in [0.25, 0.3) is 11.7 Å². The number of hydrogen-bond donors (Lipinski definition) is 1. The quantitative estimate of drug-likeness (QED) is 0.408. The summed E-state index contributed by atoms with van der Waals surface area (Å²) in [5, 5.41) is 11.6. The number of nitrogens with zero attached hydrogens (tertiary/aromatic N) is 2. The molecule has 0 spiro atoms. The number of rotatable bonds is 6. The van der Waals surface area contributed by atoms with E-state index in [0.29, 0.717) is 30.3 Å². The summed E-state index contributed by atoms with van der Waals surface area (Å²) < 4.78 is 5.39. The van der Waals surface area contributed by atoms with Gasteiger partial charge in [0.1, 0.15) is 5.76 Å². The zero-order chi connectivity index (χ0) is 22.7. The molecule has 0 radical (unpaired) electrons. The Bertz CT molecular complexity index is 1010. The lowest BCUT2D eigenvalue weighted by Crippen LogP contribution is -2.38. The fourth-order valence-corrected chi connectivity index (χ4v) is 4.38. The van der Waals surface area contributed by atoms with E-state index in [1.165, 1.54) is 0 Å². The van der Waals surface area contributed by atoms with E-state index in [2.05, 4.69) is 4.90 Å². The van der Waals surface area contributed by atoms with Crippen molar-refractivity contribution >= 4 is 29.1 Å². The third kappa shape index (κ3) is 4.72. The van der Waals surface area contributed by atoms with Crippen LogP contribution in [0.4, 0.5) is 0 Å². The predicted molar refractivity (Wildman–Crippen MR) is 124 cm³/mol. The van der Waals surface area contributed by atoms with Gasteiger partial charge in [-0.3, -0.25) is 14.5 Å². The summed E-state index contributed by atoms with van der Waals surface area (Å²) in [6.07, 6.45) is 0.724. The third-order valence-electron chi connectivity index (χ3n) is 6.03. The van der Waals surface area contributed by atoms with E-state index < -0.39 is 17.7 Å². The summed E-state index contributed by atoms with van der Waals surface area (Å²) in [5.74, 6) is -1.39. The normalized spacial score (nSPS) is 21.3. The van der Waals surface area contributed by atoms with Crippen molar-refractivity contribution in [3.63, 3.8) is 0 Å². The minimum atomic E-state index is -0.658. The average molecular weight is 455 g/mol. The maximum Gasteiger partial charge on any atom is 0.295 e. The highest BCUT2D eigenvalue weighted by Crippen LogP contribution is 2.39. The Hall–Kier alpha value is -2.67. The smallest absolute Gasteiger partial charge is 0.295 e. The van der Waals surface area contributed by atoms with Gasteiger partial charge in [0.2, 0.25) is 0 Å². The topological polar surface area (TPSA) is 70.1 Å². The Morgan fingerprint density at radius 1 is 1.03 bits per heavy atom. The van der Waals surface area contributed by atoms with Crippen molar-refractivity contribution < 1.29 is 19.4 Å². The van der Waals surface area contributed by atoms with Crippen LogP contribution in [0.1, 0.15) is 29.2 Å². The van der Waals surface area contributed by atoms with Crippen LogP contribution in [0.3, 0.4) is 0 Å². The van der Waals surface area contributed by atoms with E-state index in [1.807, 2.05) is 19.1 Å². The number of carbonyl (C=O) groups excluding carboxylic acids is 2. The predicted octanol–water partition coefficient (Wildman–Crippen LogP) is 3.79. The molecule has 1 N–H and O–H groups in total. The number of halogens is 1. The number of aryl methyl sites for hydroxylation is 1. The zero-order valence-electron chi connectivity index (χ0n) is 18.1. The largest absolute Gasteiger partial charge is 0.507 e. The number of carbonyl (C=O) groups is 2. The summed E-state index contributed by atoms with van der Waals surface area (Å²) in [5.41, 5.74) is 2.42. The van der Waals surface area contributed by atoms with Crippen LogP contribution in [0.2, 0.25) is 5.02 Å². The number of benzene rings is 2. The van der Waals surface area contributed by atoms with E-state index in [4.69, 9.17) is 16.3 Å². The molecule has 2 fully saturated rings. The minimum absolute atomic E-state index is 0.118. The molecule has 0 saturated carbocycles. The summed E-state index contributed by atoms with van der Waals surface area (Å²) in [6.45, 7) is 6.35. The molecule has 0 bridgehead atoms. The fraction of sp³-hybridized carbons (Fsp3) is 0.360. The monoisotopic (exact) mass is 454 g/mol. The van der Waals surface area contributed by atoms with Crippen molar-refractivity contribution in [1.82, 2.24) is 9.80 Å². The van der Waals surface area contributed by atoms with E-state index in [1.54, 1.807) is 41.3 Å². The number of morpholine rings is 1. The van der Waals surface area contributed by atoms with Gasteiger partial charge >= 0.3 is 0 Å². The summed E-state index contributed by atoms with van der Waals surface area (Å²) >= 11 is 6.07. The van der Waals surface area contributed by atoms with Crippen LogP contribution in [0, 0.1) is 6.92 Å². The lowest BCUT2D eigenvalue weighted by Gasteiger charge is -2.29. The number of aliphatic hydroxyl groups excluding tert-OH is 1. The molecule has 2 aromatic carbocycles.